The van der Waals surface area contributed by atoms with Crippen molar-refractivity contribution in [1.29, 1.82) is 5.26 Å². The summed E-state index contributed by atoms with van der Waals surface area (Å²) < 4.78 is 5.27. The van der Waals surface area contributed by atoms with Gasteiger partial charge in [-0.25, -0.2) is 10.0 Å². The molecular formula is C17H17N3O4. The van der Waals surface area contributed by atoms with Crippen LogP contribution in [-0.4, -0.2) is 25.3 Å². The molecule has 2 aromatic rings. The lowest BCUT2D eigenvalue weighted by atomic mass is 10.1. The maximum atomic E-state index is 12.4. The van der Waals surface area contributed by atoms with Gasteiger partial charge >= 0.3 is 5.97 Å². The fraction of sp³-hybridized carbons (Fsp3) is 0.176. The molecular weight excluding hydrogens is 310 g/mol. The highest BCUT2D eigenvalue weighted by Crippen LogP contribution is 2.23. The molecule has 0 aliphatic heterocycles. The van der Waals surface area contributed by atoms with Crippen LogP contribution >= 0.6 is 0 Å². The average Bonchev–Trinajstić information content (AvgIpc) is 2.59. The molecule has 0 fully saturated rings. The first kappa shape index (κ1) is 17.4. The summed E-state index contributed by atoms with van der Waals surface area (Å²) in [6.07, 6.45) is 0. The number of nitrogens with zero attached hydrogens (tertiary/aromatic N) is 2. The van der Waals surface area contributed by atoms with E-state index in [2.05, 4.69) is 0 Å². The van der Waals surface area contributed by atoms with Crippen molar-refractivity contribution in [3.05, 3.63) is 64.4 Å². The van der Waals surface area contributed by atoms with Crippen molar-refractivity contribution in [2.75, 3.05) is 19.0 Å². The van der Waals surface area contributed by atoms with E-state index in [0.29, 0.717) is 16.8 Å². The molecule has 1 atom stereocenters. The SMILES string of the molecule is CN(C)c1ccc([NH+]([O-])O)cc1C(=O)OCc1ccccc1C#N. The Bertz CT molecular complexity index is 782. The van der Waals surface area contributed by atoms with Gasteiger partial charge in [0, 0.05) is 31.8 Å². The van der Waals surface area contributed by atoms with Gasteiger partial charge in [-0.3, -0.25) is 0 Å². The summed E-state index contributed by atoms with van der Waals surface area (Å²) in [5, 5.41) is 28.1. The Morgan fingerprint density at radius 3 is 2.67 bits per heavy atom. The number of ether oxygens (including phenoxy) is 1. The molecule has 7 heteroatoms. The first-order valence-corrected chi connectivity index (χ1v) is 7.14. The fourth-order valence-corrected chi connectivity index (χ4v) is 2.20. The molecule has 0 aromatic heterocycles. The van der Waals surface area contributed by atoms with Crippen molar-refractivity contribution in [2.45, 2.75) is 6.61 Å². The first-order chi connectivity index (χ1) is 11.4. The van der Waals surface area contributed by atoms with Crippen LogP contribution in [0, 0.1) is 16.5 Å². The van der Waals surface area contributed by atoms with Crippen LogP contribution in [0.5, 0.6) is 0 Å². The van der Waals surface area contributed by atoms with Gasteiger partial charge < -0.3 is 14.8 Å². The maximum absolute atomic E-state index is 12.4. The third-order valence-corrected chi connectivity index (χ3v) is 3.44. The Hall–Kier alpha value is -2.92. The molecule has 1 unspecified atom stereocenters. The highest BCUT2D eigenvalue weighted by molar-refractivity contribution is 5.96. The van der Waals surface area contributed by atoms with Gasteiger partial charge in [0.15, 0.2) is 5.69 Å². The van der Waals surface area contributed by atoms with Crippen LogP contribution in [0.25, 0.3) is 0 Å². The minimum atomic E-state index is -1.12. The number of carbonyl (C=O) groups excluding carboxylic acids is 1. The van der Waals surface area contributed by atoms with Crippen LogP contribution in [0.2, 0.25) is 0 Å². The van der Waals surface area contributed by atoms with Crippen LogP contribution < -0.4 is 10.1 Å². The molecule has 7 nitrogen and oxygen atoms in total. The van der Waals surface area contributed by atoms with E-state index in [1.165, 1.54) is 12.1 Å². The van der Waals surface area contributed by atoms with E-state index in [4.69, 9.17) is 15.2 Å². The lowest BCUT2D eigenvalue weighted by Gasteiger charge is -2.19. The maximum Gasteiger partial charge on any atom is 0.340 e. The number of hydrogen-bond acceptors (Lipinski definition) is 6. The van der Waals surface area contributed by atoms with Gasteiger partial charge in [-0.1, -0.05) is 18.2 Å². The second kappa shape index (κ2) is 7.57. The highest BCUT2D eigenvalue weighted by atomic mass is 16.8. The van der Waals surface area contributed by atoms with Crippen LogP contribution in [-0.2, 0) is 11.3 Å². The molecule has 2 N–H and O–H groups in total. The van der Waals surface area contributed by atoms with Crippen LogP contribution in [0.1, 0.15) is 21.5 Å². The van der Waals surface area contributed by atoms with E-state index in [1.54, 1.807) is 49.3 Å². The van der Waals surface area contributed by atoms with E-state index < -0.39 is 11.2 Å². The van der Waals surface area contributed by atoms with Gasteiger partial charge in [0.05, 0.1) is 22.9 Å². The molecule has 0 aliphatic carbocycles. The molecule has 0 amide bonds. The number of nitriles is 1. The molecule has 24 heavy (non-hydrogen) atoms. The molecule has 0 heterocycles. The lowest BCUT2D eigenvalue weighted by Crippen LogP contribution is -2.99. The zero-order chi connectivity index (χ0) is 17.7. The Labute approximate surface area is 139 Å². The predicted molar refractivity (Wildman–Crippen MR) is 86.8 cm³/mol. The fourth-order valence-electron chi connectivity index (χ4n) is 2.20. The Kier molecular flexibility index (Phi) is 5.50. The molecule has 2 aromatic carbocycles. The zero-order valence-corrected chi connectivity index (χ0v) is 13.3. The standard InChI is InChI=1S/C17H17N3O4/c1-19(2)16-8-7-14(20(22)23)9-15(16)17(21)24-11-13-6-4-3-5-12(13)10-18/h3-9,20,22H,11H2,1-2H3. The van der Waals surface area contributed by atoms with Crippen LogP contribution in [0.3, 0.4) is 0 Å². The molecule has 0 aliphatic rings. The normalized spacial score (nSPS) is 11.5. The predicted octanol–water partition coefficient (Wildman–Crippen LogP) is 1.38. The molecule has 2 rings (SSSR count). The van der Waals surface area contributed by atoms with Crippen molar-refractivity contribution >= 4 is 17.3 Å². The number of esters is 1. The minimum absolute atomic E-state index is 0.00461. The summed E-state index contributed by atoms with van der Waals surface area (Å²) in [5.41, 5.74) is 1.74. The number of carbonyl (C=O) groups is 1. The van der Waals surface area contributed by atoms with Gasteiger partial charge in [-0.15, -0.1) is 0 Å². The highest BCUT2D eigenvalue weighted by Gasteiger charge is 2.18. The zero-order valence-electron chi connectivity index (χ0n) is 13.3. The number of hydrogen-bond donors (Lipinski definition) is 2. The third-order valence-electron chi connectivity index (χ3n) is 3.44. The van der Waals surface area contributed by atoms with E-state index in [9.17, 15) is 10.0 Å². The van der Waals surface area contributed by atoms with Gasteiger partial charge in [0.25, 0.3) is 0 Å². The summed E-state index contributed by atoms with van der Waals surface area (Å²) in [4.78, 5) is 14.1. The molecule has 0 radical (unpaired) electrons. The number of anilines is 1. The minimum Gasteiger partial charge on any atom is -0.595 e. The molecule has 0 saturated carbocycles. The average molecular weight is 327 g/mol. The topological polar surface area (TPSA) is 101 Å². The van der Waals surface area contributed by atoms with Crippen LogP contribution in [0.4, 0.5) is 11.4 Å². The Balaban J connectivity index is 2.25. The molecule has 0 saturated heterocycles. The van der Waals surface area contributed by atoms with E-state index in [-0.39, 0.29) is 17.9 Å². The quantitative estimate of drug-likeness (QED) is 0.635. The first-order valence-electron chi connectivity index (χ1n) is 7.14. The molecule has 124 valence electrons. The molecule has 0 bridgehead atoms. The second-order valence-corrected chi connectivity index (χ2v) is 5.28. The number of quaternary nitrogens is 1. The number of nitrogens with one attached hydrogen (secondary N) is 1. The van der Waals surface area contributed by atoms with Crippen molar-refractivity contribution < 1.29 is 20.0 Å². The Morgan fingerprint density at radius 1 is 1.33 bits per heavy atom. The van der Waals surface area contributed by atoms with Crippen molar-refractivity contribution in [3.63, 3.8) is 0 Å². The van der Waals surface area contributed by atoms with Gasteiger partial charge in [-0.2, -0.15) is 10.5 Å². The summed E-state index contributed by atoms with van der Waals surface area (Å²) in [5.74, 6) is -0.644. The number of rotatable bonds is 5. The monoisotopic (exact) mass is 327 g/mol. The second-order valence-electron chi connectivity index (χ2n) is 5.28. The smallest absolute Gasteiger partial charge is 0.340 e. The van der Waals surface area contributed by atoms with Gasteiger partial charge in [0.2, 0.25) is 0 Å². The summed E-state index contributed by atoms with van der Waals surface area (Å²) in [7, 11) is 3.50. The van der Waals surface area contributed by atoms with Crippen molar-refractivity contribution in [1.82, 2.24) is 0 Å². The number of benzene rings is 2. The van der Waals surface area contributed by atoms with E-state index in [1.807, 2.05) is 6.07 Å². The van der Waals surface area contributed by atoms with Crippen molar-refractivity contribution in [2.24, 2.45) is 0 Å². The van der Waals surface area contributed by atoms with E-state index >= 15 is 0 Å². The summed E-state index contributed by atoms with van der Waals surface area (Å²) >= 11 is 0. The van der Waals surface area contributed by atoms with E-state index in [0.717, 1.165) is 0 Å². The summed E-state index contributed by atoms with van der Waals surface area (Å²) in [6.45, 7) is -0.0628. The molecule has 0 spiro atoms. The van der Waals surface area contributed by atoms with Gasteiger partial charge in [-0.05, 0) is 12.1 Å². The van der Waals surface area contributed by atoms with Gasteiger partial charge in [0.1, 0.15) is 6.61 Å². The third kappa shape index (κ3) is 3.88. The Morgan fingerprint density at radius 2 is 2.04 bits per heavy atom. The largest absolute Gasteiger partial charge is 0.595 e. The van der Waals surface area contributed by atoms with Crippen LogP contribution in [0.15, 0.2) is 42.5 Å². The lowest BCUT2D eigenvalue weighted by molar-refractivity contribution is -0.991. The summed E-state index contributed by atoms with van der Waals surface area (Å²) in [6, 6.07) is 13.1. The van der Waals surface area contributed by atoms with Crippen molar-refractivity contribution in [3.8, 4) is 6.07 Å².